The third-order valence-corrected chi connectivity index (χ3v) is 6.50. The summed E-state index contributed by atoms with van der Waals surface area (Å²) in [6.07, 6.45) is 0. The molecule has 0 atom stereocenters. The molecular formula is C28H26O8. The van der Waals surface area contributed by atoms with Crippen LogP contribution in [0.2, 0.25) is 0 Å². The Hall–Kier alpha value is -4.20. The van der Waals surface area contributed by atoms with E-state index in [4.69, 9.17) is 9.47 Å². The molecule has 0 unspecified atom stereocenters. The predicted octanol–water partition coefficient (Wildman–Crippen LogP) is 5.65. The van der Waals surface area contributed by atoms with E-state index in [1.165, 1.54) is 0 Å². The maximum atomic E-state index is 12.6. The lowest BCUT2D eigenvalue weighted by Gasteiger charge is -2.26. The number of carbonyl (C=O) groups excluding carboxylic acids is 2. The van der Waals surface area contributed by atoms with Gasteiger partial charge in [0.2, 0.25) is 0 Å². The normalized spacial score (nSPS) is 12.3. The molecule has 4 rings (SSSR count). The lowest BCUT2D eigenvalue weighted by atomic mass is 9.78. The van der Waals surface area contributed by atoms with E-state index in [2.05, 4.69) is 0 Å². The van der Waals surface area contributed by atoms with Gasteiger partial charge in [0.25, 0.3) is 12.9 Å². The summed E-state index contributed by atoms with van der Waals surface area (Å²) in [5, 5.41) is 22.4. The number of carboxylic acids is 2. The Morgan fingerprint density at radius 1 is 0.639 bits per heavy atom. The van der Waals surface area contributed by atoms with Gasteiger partial charge in [-0.05, 0) is 57.0 Å². The van der Waals surface area contributed by atoms with Gasteiger partial charge < -0.3 is 19.7 Å². The predicted molar refractivity (Wildman–Crippen MR) is 135 cm³/mol. The summed E-state index contributed by atoms with van der Waals surface area (Å²) in [7, 11) is 0. The van der Waals surface area contributed by atoms with Gasteiger partial charge in [-0.25, -0.2) is 9.59 Å². The van der Waals surface area contributed by atoms with E-state index in [-0.39, 0.29) is 46.3 Å². The number of hydrogen-bond acceptors (Lipinski definition) is 6. The van der Waals surface area contributed by atoms with Crippen molar-refractivity contribution < 1.29 is 38.9 Å². The van der Waals surface area contributed by atoms with Crippen molar-refractivity contribution in [2.24, 2.45) is 0 Å². The molecule has 0 aromatic heterocycles. The summed E-state index contributed by atoms with van der Waals surface area (Å²) >= 11 is 0. The molecule has 0 amide bonds. The molecule has 0 saturated heterocycles. The number of hydrogen-bond donors (Lipinski definition) is 2. The molecule has 0 heterocycles. The first kappa shape index (κ1) is 24.9. The molecular weight excluding hydrogens is 464 g/mol. The second kappa shape index (κ2) is 8.19. The first-order valence-corrected chi connectivity index (χ1v) is 11.3. The van der Waals surface area contributed by atoms with Crippen molar-refractivity contribution in [3.8, 4) is 11.5 Å². The van der Waals surface area contributed by atoms with Crippen molar-refractivity contribution in [3.63, 3.8) is 0 Å². The fourth-order valence-electron chi connectivity index (χ4n) is 4.73. The van der Waals surface area contributed by atoms with E-state index >= 15 is 0 Å². The van der Waals surface area contributed by atoms with E-state index in [9.17, 15) is 29.4 Å². The zero-order chi connectivity index (χ0) is 26.7. The lowest BCUT2D eigenvalue weighted by molar-refractivity contribution is -0.123. The SMILES string of the molecule is CC(C)(C)c1cc2c(OC=O)c(OC=O)c3cc(C(C)(C)C)cc4c(C(=O)O)c(C(=O)O)c(c1)c2c34. The third-order valence-electron chi connectivity index (χ3n) is 6.50. The molecule has 0 aliphatic heterocycles. The Morgan fingerprint density at radius 2 is 0.944 bits per heavy atom. The molecule has 0 radical (unpaired) electrons. The van der Waals surface area contributed by atoms with Crippen LogP contribution < -0.4 is 9.47 Å². The van der Waals surface area contributed by atoms with Crippen molar-refractivity contribution in [2.75, 3.05) is 0 Å². The highest BCUT2D eigenvalue weighted by Crippen LogP contribution is 2.51. The largest absolute Gasteiger partial charge is 0.478 e. The molecule has 0 fully saturated rings. The zero-order valence-electron chi connectivity index (χ0n) is 20.8. The highest BCUT2D eigenvalue weighted by molar-refractivity contribution is 6.34. The molecule has 4 aromatic carbocycles. The van der Waals surface area contributed by atoms with Gasteiger partial charge in [-0.3, -0.25) is 9.59 Å². The monoisotopic (exact) mass is 490 g/mol. The highest BCUT2D eigenvalue weighted by Gasteiger charge is 2.32. The molecule has 36 heavy (non-hydrogen) atoms. The molecule has 0 bridgehead atoms. The van der Waals surface area contributed by atoms with E-state index in [1.54, 1.807) is 24.3 Å². The fourth-order valence-corrected chi connectivity index (χ4v) is 4.73. The van der Waals surface area contributed by atoms with Crippen LogP contribution in [0.1, 0.15) is 73.4 Å². The van der Waals surface area contributed by atoms with Crippen LogP contribution in [-0.2, 0) is 20.4 Å². The van der Waals surface area contributed by atoms with Crippen molar-refractivity contribution in [1.29, 1.82) is 0 Å². The first-order chi connectivity index (χ1) is 16.7. The van der Waals surface area contributed by atoms with E-state index < -0.39 is 22.8 Å². The van der Waals surface area contributed by atoms with Crippen molar-refractivity contribution in [1.82, 2.24) is 0 Å². The van der Waals surface area contributed by atoms with Crippen molar-refractivity contribution in [3.05, 3.63) is 46.5 Å². The molecule has 8 heteroatoms. The van der Waals surface area contributed by atoms with Crippen LogP contribution in [0.4, 0.5) is 0 Å². The molecule has 186 valence electrons. The molecule has 4 aromatic rings. The maximum Gasteiger partial charge on any atom is 0.337 e. The molecule has 0 saturated carbocycles. The van der Waals surface area contributed by atoms with E-state index in [0.29, 0.717) is 32.7 Å². The zero-order valence-corrected chi connectivity index (χ0v) is 20.8. The minimum atomic E-state index is -1.40. The van der Waals surface area contributed by atoms with Gasteiger partial charge in [0.05, 0.1) is 11.1 Å². The smallest absolute Gasteiger partial charge is 0.337 e. The van der Waals surface area contributed by atoms with Crippen LogP contribution in [0.5, 0.6) is 11.5 Å². The second-order valence-electron chi connectivity index (χ2n) is 10.8. The van der Waals surface area contributed by atoms with Crippen LogP contribution in [0, 0.1) is 0 Å². The highest BCUT2D eigenvalue weighted by atomic mass is 16.6. The Bertz CT molecular complexity index is 1460. The van der Waals surface area contributed by atoms with Crippen LogP contribution in [0.3, 0.4) is 0 Å². The number of carbonyl (C=O) groups is 4. The second-order valence-corrected chi connectivity index (χ2v) is 10.8. The number of ether oxygens (including phenoxy) is 2. The minimum absolute atomic E-state index is 0.0486. The van der Waals surface area contributed by atoms with Gasteiger partial charge in [0.1, 0.15) is 0 Å². The molecule has 0 spiro atoms. The van der Waals surface area contributed by atoms with Gasteiger partial charge in [-0.2, -0.15) is 0 Å². The Kier molecular flexibility index (Phi) is 5.66. The van der Waals surface area contributed by atoms with Crippen molar-refractivity contribution >= 4 is 57.2 Å². The average Bonchev–Trinajstić information content (AvgIpc) is 2.76. The van der Waals surface area contributed by atoms with Crippen LogP contribution in [-0.4, -0.2) is 35.1 Å². The fraction of sp³-hybridized carbons (Fsp3) is 0.286. The minimum Gasteiger partial charge on any atom is -0.478 e. The first-order valence-electron chi connectivity index (χ1n) is 11.3. The summed E-state index contributed by atoms with van der Waals surface area (Å²) in [4.78, 5) is 48.3. The Balaban J connectivity index is 2.51. The topological polar surface area (TPSA) is 127 Å². The van der Waals surface area contributed by atoms with Crippen LogP contribution in [0.25, 0.3) is 32.3 Å². The summed E-state index contributed by atoms with van der Waals surface area (Å²) < 4.78 is 10.7. The molecule has 8 nitrogen and oxygen atoms in total. The van der Waals surface area contributed by atoms with Gasteiger partial charge >= 0.3 is 11.9 Å². The number of aromatic carboxylic acids is 2. The summed E-state index contributed by atoms with van der Waals surface area (Å²) in [5.41, 5.74) is -0.328. The number of carboxylic acid groups (broad SMARTS) is 2. The Morgan fingerprint density at radius 3 is 1.19 bits per heavy atom. The lowest BCUT2D eigenvalue weighted by Crippen LogP contribution is -2.16. The van der Waals surface area contributed by atoms with E-state index in [0.717, 1.165) is 0 Å². The third kappa shape index (κ3) is 3.69. The van der Waals surface area contributed by atoms with Crippen LogP contribution in [0.15, 0.2) is 24.3 Å². The molecule has 0 aliphatic carbocycles. The van der Waals surface area contributed by atoms with Crippen molar-refractivity contribution in [2.45, 2.75) is 52.4 Å². The summed E-state index contributed by atoms with van der Waals surface area (Å²) in [6.45, 7) is 11.9. The molecule has 2 N–H and O–H groups in total. The van der Waals surface area contributed by atoms with Gasteiger partial charge in [0.15, 0.2) is 11.5 Å². The van der Waals surface area contributed by atoms with Gasteiger partial charge in [0, 0.05) is 21.5 Å². The molecule has 0 aliphatic rings. The van der Waals surface area contributed by atoms with Crippen LogP contribution >= 0.6 is 0 Å². The standard InChI is InChI=1S/C28H26O8/c1-27(2,3)13-7-15-19-17(9-13)23(35-11-29)24(36-12-30)18-10-14(28(4,5)6)8-16(20(18)19)22(26(33)34)21(15)25(31)32/h7-12H,1-6H3,(H,31,32)(H,33,34). The maximum absolute atomic E-state index is 12.6. The Labute approximate surface area is 206 Å². The quantitative estimate of drug-likeness (QED) is 0.262. The van der Waals surface area contributed by atoms with E-state index in [1.807, 2.05) is 41.5 Å². The summed E-state index contributed by atoms with van der Waals surface area (Å²) in [5.74, 6) is -2.89. The van der Waals surface area contributed by atoms with Gasteiger partial charge in [-0.15, -0.1) is 0 Å². The summed E-state index contributed by atoms with van der Waals surface area (Å²) in [6, 6.07) is 6.84. The van der Waals surface area contributed by atoms with Gasteiger partial charge in [-0.1, -0.05) is 41.5 Å². The number of benzene rings is 4. The number of rotatable bonds is 6. The average molecular weight is 491 g/mol.